The molecule has 0 saturated carbocycles. The maximum atomic E-state index is 13.1. The zero-order chi connectivity index (χ0) is 23.5. The molecule has 0 aliphatic carbocycles. The second kappa shape index (κ2) is 9.42. The monoisotopic (exact) mass is 440 g/mol. The molecule has 32 heavy (non-hydrogen) atoms. The quantitative estimate of drug-likeness (QED) is 0.520. The minimum Gasteiger partial charge on any atom is -0.444 e. The summed E-state index contributed by atoms with van der Waals surface area (Å²) < 4.78 is 7.37. The molecule has 3 N–H and O–H groups in total. The number of aryl methyl sites for hydroxylation is 1. The first kappa shape index (κ1) is 23.3. The van der Waals surface area contributed by atoms with E-state index in [0.717, 1.165) is 22.9 Å². The van der Waals surface area contributed by atoms with Crippen molar-refractivity contribution in [3.05, 3.63) is 41.9 Å². The highest BCUT2D eigenvalue weighted by Gasteiger charge is 2.27. The number of hydrogen-bond acceptors (Lipinski definition) is 5. The van der Waals surface area contributed by atoms with Crippen molar-refractivity contribution in [2.24, 2.45) is 13.0 Å². The molecule has 0 radical (unpaired) electrons. The molecule has 0 spiro atoms. The number of carbonyl (C=O) groups excluding carboxylic acids is 2. The summed E-state index contributed by atoms with van der Waals surface area (Å²) >= 11 is 0. The highest BCUT2D eigenvalue weighted by molar-refractivity contribution is 5.96. The van der Waals surface area contributed by atoms with Crippen molar-refractivity contribution < 1.29 is 14.3 Å². The number of amides is 2. The molecule has 3 rings (SSSR count). The van der Waals surface area contributed by atoms with Gasteiger partial charge < -0.3 is 14.6 Å². The van der Waals surface area contributed by atoms with Crippen LogP contribution in [0.25, 0.3) is 10.9 Å². The van der Waals surface area contributed by atoms with Gasteiger partial charge in [-0.25, -0.2) is 4.79 Å². The van der Waals surface area contributed by atoms with Gasteiger partial charge in [-0.2, -0.15) is 4.98 Å². The zero-order valence-electron chi connectivity index (χ0n) is 19.5. The number of benzene rings is 1. The molecule has 0 bridgehead atoms. The molecule has 3 aromatic rings. The maximum Gasteiger partial charge on any atom is 0.408 e. The van der Waals surface area contributed by atoms with Crippen LogP contribution in [0.3, 0.4) is 0 Å². The normalized spacial score (nSPS) is 12.7. The van der Waals surface area contributed by atoms with E-state index < -0.39 is 23.6 Å². The van der Waals surface area contributed by atoms with Crippen molar-refractivity contribution in [1.82, 2.24) is 25.1 Å². The van der Waals surface area contributed by atoms with Gasteiger partial charge in [0.2, 0.25) is 11.9 Å². The molecular formula is C23H32N6O3. The lowest BCUT2D eigenvalue weighted by Gasteiger charge is -2.23. The van der Waals surface area contributed by atoms with E-state index in [1.165, 1.54) is 0 Å². The number of carbonyl (C=O) groups is 2. The van der Waals surface area contributed by atoms with Crippen molar-refractivity contribution >= 4 is 28.9 Å². The van der Waals surface area contributed by atoms with E-state index in [2.05, 4.69) is 39.7 Å². The predicted molar refractivity (Wildman–Crippen MR) is 123 cm³/mol. The van der Waals surface area contributed by atoms with Crippen molar-refractivity contribution in [3.8, 4) is 0 Å². The molecule has 172 valence electrons. The number of aromatic nitrogens is 4. The van der Waals surface area contributed by atoms with Crippen molar-refractivity contribution in [1.29, 1.82) is 0 Å². The molecule has 0 saturated heterocycles. The molecule has 9 heteroatoms. The van der Waals surface area contributed by atoms with Crippen LogP contribution in [0.2, 0.25) is 0 Å². The first-order valence-electron chi connectivity index (χ1n) is 10.8. The minimum atomic E-state index is -0.872. The third-order valence-electron chi connectivity index (χ3n) is 4.78. The number of para-hydroxylation sites is 1. The third kappa shape index (κ3) is 6.09. The average molecular weight is 441 g/mol. The predicted octanol–water partition coefficient (Wildman–Crippen LogP) is 3.57. The van der Waals surface area contributed by atoms with Gasteiger partial charge >= 0.3 is 6.09 Å². The number of aromatic amines is 1. The molecule has 1 atom stereocenters. The number of hydrogen-bond donors (Lipinski definition) is 3. The number of ether oxygens (including phenoxy) is 1. The summed E-state index contributed by atoms with van der Waals surface area (Å²) in [5, 5.41) is 13.4. The number of H-pyrrole nitrogens is 1. The number of anilines is 1. The van der Waals surface area contributed by atoms with Crippen molar-refractivity contribution in [3.63, 3.8) is 0 Å². The molecular weight excluding hydrogens is 408 g/mol. The molecule has 0 aliphatic rings. The Kier molecular flexibility index (Phi) is 6.86. The SMILES string of the molecule is CC(C)Cc1nc(NC(=O)[C@H](Cc2cn(C)c3ccccc23)NC(=O)OC(C)(C)C)n[nH]1. The summed E-state index contributed by atoms with van der Waals surface area (Å²) in [5.74, 6) is 0.860. The van der Waals surface area contributed by atoms with Gasteiger partial charge in [0, 0.05) is 37.0 Å². The van der Waals surface area contributed by atoms with Gasteiger partial charge in [0.15, 0.2) is 0 Å². The fraction of sp³-hybridized carbons (Fsp3) is 0.478. The van der Waals surface area contributed by atoms with Crippen LogP contribution in [-0.4, -0.2) is 43.4 Å². The molecule has 2 heterocycles. The molecule has 0 unspecified atom stereocenters. The smallest absolute Gasteiger partial charge is 0.408 e. The lowest BCUT2D eigenvalue weighted by molar-refractivity contribution is -0.118. The fourth-order valence-corrected chi connectivity index (χ4v) is 3.49. The Morgan fingerprint density at radius 1 is 1.19 bits per heavy atom. The minimum absolute atomic E-state index is 0.180. The number of alkyl carbamates (subject to hydrolysis) is 1. The van der Waals surface area contributed by atoms with E-state index in [1.807, 2.05) is 42.1 Å². The van der Waals surface area contributed by atoms with Crippen LogP contribution in [-0.2, 0) is 29.4 Å². The standard InChI is InChI=1S/C23H32N6O3/c1-14(2)11-19-25-21(28-27-19)26-20(30)17(24-22(31)32-23(3,4)5)12-15-13-29(6)18-10-8-7-9-16(15)18/h7-10,13-14,17H,11-12H2,1-6H3,(H,24,31)(H2,25,26,27,28,30)/t17-/m0/s1. The third-order valence-corrected chi connectivity index (χ3v) is 4.78. The van der Waals surface area contributed by atoms with Gasteiger partial charge in [0.25, 0.3) is 0 Å². The average Bonchev–Trinajstić information content (AvgIpc) is 3.23. The summed E-state index contributed by atoms with van der Waals surface area (Å²) in [6.45, 7) is 9.47. The lowest BCUT2D eigenvalue weighted by atomic mass is 10.0. The Bertz CT molecular complexity index is 1090. The highest BCUT2D eigenvalue weighted by atomic mass is 16.6. The van der Waals surface area contributed by atoms with Gasteiger partial charge in [-0.15, -0.1) is 5.10 Å². The zero-order valence-corrected chi connectivity index (χ0v) is 19.5. The van der Waals surface area contributed by atoms with Crippen LogP contribution in [0.1, 0.15) is 46.0 Å². The number of rotatable bonds is 7. The lowest BCUT2D eigenvalue weighted by Crippen LogP contribution is -2.47. The van der Waals surface area contributed by atoms with E-state index in [1.54, 1.807) is 20.8 Å². The Morgan fingerprint density at radius 3 is 2.59 bits per heavy atom. The second-order valence-electron chi connectivity index (χ2n) is 9.38. The first-order chi connectivity index (χ1) is 15.0. The summed E-state index contributed by atoms with van der Waals surface area (Å²) in [5.41, 5.74) is 1.31. The van der Waals surface area contributed by atoms with Gasteiger partial charge in [-0.05, 0) is 38.3 Å². The summed E-state index contributed by atoms with van der Waals surface area (Å²) in [6.07, 6.45) is 2.32. The van der Waals surface area contributed by atoms with Crippen LogP contribution in [0.15, 0.2) is 30.5 Å². The second-order valence-corrected chi connectivity index (χ2v) is 9.38. The van der Waals surface area contributed by atoms with Crippen LogP contribution < -0.4 is 10.6 Å². The van der Waals surface area contributed by atoms with Gasteiger partial charge in [-0.3, -0.25) is 15.2 Å². The fourth-order valence-electron chi connectivity index (χ4n) is 3.49. The van der Waals surface area contributed by atoms with Crippen LogP contribution in [0.4, 0.5) is 10.7 Å². The van der Waals surface area contributed by atoms with Crippen LogP contribution in [0, 0.1) is 5.92 Å². The maximum absolute atomic E-state index is 13.1. The highest BCUT2D eigenvalue weighted by Crippen LogP contribution is 2.22. The Balaban J connectivity index is 1.81. The van der Waals surface area contributed by atoms with E-state index in [0.29, 0.717) is 11.7 Å². The number of nitrogens with zero attached hydrogens (tertiary/aromatic N) is 3. The molecule has 0 aliphatic heterocycles. The van der Waals surface area contributed by atoms with E-state index in [-0.39, 0.29) is 12.4 Å². The van der Waals surface area contributed by atoms with Crippen molar-refractivity contribution in [2.45, 2.75) is 59.1 Å². The van der Waals surface area contributed by atoms with E-state index >= 15 is 0 Å². The Labute approximate surface area is 187 Å². The summed E-state index contributed by atoms with van der Waals surface area (Å²) in [6, 6.07) is 7.06. The number of nitrogens with one attached hydrogen (secondary N) is 3. The molecule has 9 nitrogen and oxygen atoms in total. The first-order valence-corrected chi connectivity index (χ1v) is 10.8. The molecule has 0 fully saturated rings. The van der Waals surface area contributed by atoms with Gasteiger partial charge in [0.05, 0.1) is 0 Å². The Morgan fingerprint density at radius 2 is 1.91 bits per heavy atom. The van der Waals surface area contributed by atoms with Gasteiger partial charge in [0.1, 0.15) is 17.5 Å². The number of fused-ring (bicyclic) bond motifs is 1. The van der Waals surface area contributed by atoms with Crippen LogP contribution >= 0.6 is 0 Å². The van der Waals surface area contributed by atoms with E-state index in [4.69, 9.17) is 4.74 Å². The molecule has 2 amide bonds. The van der Waals surface area contributed by atoms with E-state index in [9.17, 15) is 9.59 Å². The summed E-state index contributed by atoms with van der Waals surface area (Å²) in [4.78, 5) is 29.9. The topological polar surface area (TPSA) is 114 Å². The molecule has 1 aromatic carbocycles. The summed E-state index contributed by atoms with van der Waals surface area (Å²) in [7, 11) is 1.95. The Hall–Kier alpha value is -3.36. The largest absolute Gasteiger partial charge is 0.444 e. The van der Waals surface area contributed by atoms with Crippen LogP contribution in [0.5, 0.6) is 0 Å². The van der Waals surface area contributed by atoms with Gasteiger partial charge in [-0.1, -0.05) is 32.0 Å². The van der Waals surface area contributed by atoms with Crippen molar-refractivity contribution in [2.75, 3.05) is 5.32 Å². The molecule has 2 aromatic heterocycles.